The largest absolute Gasteiger partial charge is 0.327 e. The van der Waals surface area contributed by atoms with Crippen LogP contribution in [0.3, 0.4) is 0 Å². The van der Waals surface area contributed by atoms with E-state index in [1.807, 2.05) is 24.3 Å². The Kier molecular flexibility index (Phi) is 3.76. The molecule has 1 N–H and O–H groups in total. The highest BCUT2D eigenvalue weighted by Crippen LogP contribution is 2.22. The highest BCUT2D eigenvalue weighted by atomic mass is 35.5. The summed E-state index contributed by atoms with van der Waals surface area (Å²) in [7, 11) is 0. The van der Waals surface area contributed by atoms with Crippen molar-refractivity contribution < 1.29 is 0 Å². The highest BCUT2D eigenvalue weighted by Gasteiger charge is 2.17. The van der Waals surface area contributed by atoms with Crippen molar-refractivity contribution in [2.45, 2.75) is 32.2 Å². The summed E-state index contributed by atoms with van der Waals surface area (Å²) in [6, 6.07) is 7.62. The number of hydrogen-bond donors (Lipinski definition) is 1. The lowest BCUT2D eigenvalue weighted by Crippen LogP contribution is -2.30. The fraction of sp³-hybridized carbons (Fsp3) is 0.333. The van der Waals surface area contributed by atoms with Gasteiger partial charge in [0.2, 0.25) is 0 Å². The first kappa shape index (κ1) is 13.6. The molecule has 1 aliphatic rings. The molecule has 1 heterocycles. The maximum Gasteiger partial charge on any atom is 0.327 e. The second kappa shape index (κ2) is 5.54. The highest BCUT2D eigenvalue weighted by molar-refractivity contribution is 7.71. The number of fused-ring (bicyclic) bond motifs is 1. The third kappa shape index (κ3) is 2.45. The monoisotopic (exact) mass is 306 g/mol. The maximum atomic E-state index is 12.2. The molecular formula is C15H15ClN2OS. The zero-order valence-electron chi connectivity index (χ0n) is 11.0. The van der Waals surface area contributed by atoms with Crippen LogP contribution in [-0.4, -0.2) is 9.55 Å². The molecule has 1 aromatic heterocycles. The number of nitrogens with zero attached hydrogens (tertiary/aromatic N) is 1. The Balaban J connectivity index is 2.12. The molecule has 0 saturated heterocycles. The van der Waals surface area contributed by atoms with Crippen LogP contribution < -0.4 is 5.69 Å². The van der Waals surface area contributed by atoms with Gasteiger partial charge in [0, 0.05) is 16.3 Å². The minimum atomic E-state index is -0.143. The van der Waals surface area contributed by atoms with Crippen molar-refractivity contribution in [3.8, 4) is 0 Å². The van der Waals surface area contributed by atoms with E-state index < -0.39 is 0 Å². The predicted octanol–water partition coefficient (Wildman–Crippen LogP) is 3.49. The van der Waals surface area contributed by atoms with E-state index in [0.717, 1.165) is 42.5 Å². The number of aromatic amines is 1. The van der Waals surface area contributed by atoms with Gasteiger partial charge in [-0.1, -0.05) is 42.0 Å². The summed E-state index contributed by atoms with van der Waals surface area (Å²) in [6.45, 7) is 0.493. The molecule has 2 aromatic rings. The minimum absolute atomic E-state index is 0.143. The van der Waals surface area contributed by atoms with Crippen LogP contribution in [0.4, 0.5) is 0 Å². The predicted molar refractivity (Wildman–Crippen MR) is 83.1 cm³/mol. The lowest BCUT2D eigenvalue weighted by molar-refractivity contribution is 0.584. The summed E-state index contributed by atoms with van der Waals surface area (Å²) in [5.74, 6) is 0. The van der Waals surface area contributed by atoms with Gasteiger partial charge in [0.25, 0.3) is 0 Å². The van der Waals surface area contributed by atoms with Crippen molar-refractivity contribution in [3.05, 3.63) is 61.2 Å². The summed E-state index contributed by atoms with van der Waals surface area (Å²) in [4.78, 5) is 15.0. The molecule has 0 aliphatic heterocycles. The van der Waals surface area contributed by atoms with Crippen molar-refractivity contribution in [3.63, 3.8) is 0 Å². The van der Waals surface area contributed by atoms with E-state index in [9.17, 15) is 4.79 Å². The van der Waals surface area contributed by atoms with Gasteiger partial charge in [-0.3, -0.25) is 9.55 Å². The fourth-order valence-electron chi connectivity index (χ4n) is 2.76. The van der Waals surface area contributed by atoms with Gasteiger partial charge in [0.05, 0.1) is 6.54 Å². The lowest BCUT2D eigenvalue weighted by Gasteiger charge is -2.21. The van der Waals surface area contributed by atoms with Gasteiger partial charge in [0.1, 0.15) is 4.64 Å². The molecule has 104 valence electrons. The van der Waals surface area contributed by atoms with Crippen LogP contribution in [0.1, 0.15) is 29.7 Å². The van der Waals surface area contributed by atoms with E-state index >= 15 is 0 Å². The second-order valence-corrected chi connectivity index (χ2v) is 5.88. The number of rotatable bonds is 2. The Labute approximate surface area is 127 Å². The van der Waals surface area contributed by atoms with Crippen molar-refractivity contribution in [1.82, 2.24) is 9.55 Å². The van der Waals surface area contributed by atoms with Gasteiger partial charge >= 0.3 is 5.69 Å². The molecule has 0 atom stereocenters. The Morgan fingerprint density at radius 3 is 2.80 bits per heavy atom. The molecule has 1 aromatic carbocycles. The van der Waals surface area contributed by atoms with E-state index in [1.165, 1.54) is 0 Å². The average Bonchev–Trinajstić information content (AvgIpc) is 2.45. The first-order chi connectivity index (χ1) is 9.66. The third-order valence-electron chi connectivity index (χ3n) is 3.79. The van der Waals surface area contributed by atoms with E-state index in [0.29, 0.717) is 16.2 Å². The summed E-state index contributed by atoms with van der Waals surface area (Å²) in [6.07, 6.45) is 4.10. The SMILES string of the molecule is O=c1[nH]c(=S)c2c(n1Cc1ccccc1Cl)CCCC2. The summed E-state index contributed by atoms with van der Waals surface area (Å²) < 4.78 is 2.38. The molecule has 0 unspecified atom stereocenters. The zero-order chi connectivity index (χ0) is 14.1. The Morgan fingerprint density at radius 2 is 2.00 bits per heavy atom. The van der Waals surface area contributed by atoms with E-state index in [2.05, 4.69) is 4.98 Å². The summed E-state index contributed by atoms with van der Waals surface area (Å²) >= 11 is 11.5. The second-order valence-electron chi connectivity index (χ2n) is 5.07. The number of aromatic nitrogens is 2. The van der Waals surface area contributed by atoms with Crippen LogP contribution in [0.5, 0.6) is 0 Å². The van der Waals surface area contributed by atoms with Gasteiger partial charge in [-0.15, -0.1) is 0 Å². The number of hydrogen-bond acceptors (Lipinski definition) is 2. The number of H-pyrrole nitrogens is 1. The molecule has 0 saturated carbocycles. The molecular weight excluding hydrogens is 292 g/mol. The normalized spacial score (nSPS) is 14.1. The number of nitrogens with one attached hydrogen (secondary N) is 1. The van der Waals surface area contributed by atoms with Crippen LogP contribution in [0.15, 0.2) is 29.1 Å². The quantitative estimate of drug-likeness (QED) is 0.863. The Morgan fingerprint density at radius 1 is 1.25 bits per heavy atom. The van der Waals surface area contributed by atoms with Crippen LogP contribution in [0.25, 0.3) is 0 Å². The van der Waals surface area contributed by atoms with Crippen LogP contribution >= 0.6 is 23.8 Å². The molecule has 3 nitrogen and oxygen atoms in total. The van der Waals surface area contributed by atoms with Crippen LogP contribution in [-0.2, 0) is 19.4 Å². The van der Waals surface area contributed by atoms with Gasteiger partial charge in [-0.05, 0) is 37.3 Å². The molecule has 0 spiro atoms. The van der Waals surface area contributed by atoms with Crippen molar-refractivity contribution in [2.75, 3.05) is 0 Å². The van der Waals surface area contributed by atoms with E-state index in [-0.39, 0.29) is 5.69 Å². The zero-order valence-corrected chi connectivity index (χ0v) is 12.6. The molecule has 1 aliphatic carbocycles. The molecule has 0 bridgehead atoms. The van der Waals surface area contributed by atoms with E-state index in [4.69, 9.17) is 23.8 Å². The molecule has 3 rings (SSSR count). The topological polar surface area (TPSA) is 37.8 Å². The van der Waals surface area contributed by atoms with Crippen molar-refractivity contribution >= 4 is 23.8 Å². The van der Waals surface area contributed by atoms with Gasteiger partial charge in [-0.2, -0.15) is 0 Å². The van der Waals surface area contributed by atoms with Gasteiger partial charge < -0.3 is 0 Å². The minimum Gasteiger partial charge on any atom is -0.298 e. The average molecular weight is 307 g/mol. The molecule has 20 heavy (non-hydrogen) atoms. The van der Waals surface area contributed by atoms with Crippen molar-refractivity contribution in [1.29, 1.82) is 0 Å². The number of halogens is 1. The molecule has 0 radical (unpaired) electrons. The standard InChI is InChI=1S/C15H15ClN2OS/c16-12-7-3-1-5-10(12)9-18-13-8-4-2-6-11(13)14(20)17-15(18)19/h1,3,5,7H,2,4,6,8-9H2,(H,17,19,20). The third-order valence-corrected chi connectivity index (χ3v) is 4.51. The van der Waals surface area contributed by atoms with Crippen molar-refractivity contribution in [2.24, 2.45) is 0 Å². The first-order valence-corrected chi connectivity index (χ1v) is 7.53. The smallest absolute Gasteiger partial charge is 0.298 e. The van der Waals surface area contributed by atoms with Crippen LogP contribution in [0, 0.1) is 4.64 Å². The molecule has 0 amide bonds. The van der Waals surface area contributed by atoms with Gasteiger partial charge in [-0.25, -0.2) is 4.79 Å². The Bertz CT molecular complexity index is 763. The molecule has 5 heteroatoms. The van der Waals surface area contributed by atoms with Crippen LogP contribution in [0.2, 0.25) is 5.02 Å². The lowest BCUT2D eigenvalue weighted by atomic mass is 9.97. The fourth-order valence-corrected chi connectivity index (χ4v) is 3.26. The van der Waals surface area contributed by atoms with Gasteiger partial charge in [0.15, 0.2) is 0 Å². The molecule has 0 fully saturated rings. The number of benzene rings is 1. The Hall–Kier alpha value is -1.39. The maximum absolute atomic E-state index is 12.2. The summed E-state index contributed by atoms with van der Waals surface area (Å²) in [5.41, 5.74) is 3.01. The first-order valence-electron chi connectivity index (χ1n) is 6.75. The van der Waals surface area contributed by atoms with E-state index in [1.54, 1.807) is 4.57 Å². The summed E-state index contributed by atoms with van der Waals surface area (Å²) in [5, 5.41) is 0.686.